The van der Waals surface area contributed by atoms with Crippen LogP contribution in [0.5, 0.6) is 0 Å². The molecule has 4 aromatic carbocycles. The van der Waals surface area contributed by atoms with E-state index >= 15 is 0 Å². The summed E-state index contributed by atoms with van der Waals surface area (Å²) in [6, 6.07) is 31.9. The standard InChI is InChI=1S/C27H20O2/c1-19-11-13-22(14-12-19)26(28)24-9-5-6-10-25(24)27(29)23-17-15-21(16-18-23)20-7-3-2-4-8-20/h2-18H,1H3. The summed E-state index contributed by atoms with van der Waals surface area (Å²) in [6.45, 7) is 1.98. The third kappa shape index (κ3) is 3.92. The van der Waals surface area contributed by atoms with E-state index < -0.39 is 0 Å². The molecule has 0 fully saturated rings. The second kappa shape index (κ2) is 8.07. The summed E-state index contributed by atoms with van der Waals surface area (Å²) >= 11 is 0. The van der Waals surface area contributed by atoms with Gasteiger partial charge in [0, 0.05) is 22.3 Å². The van der Waals surface area contributed by atoms with E-state index in [9.17, 15) is 9.59 Å². The van der Waals surface area contributed by atoms with Gasteiger partial charge in [0.05, 0.1) is 0 Å². The fraction of sp³-hybridized carbons (Fsp3) is 0.0370. The predicted molar refractivity (Wildman–Crippen MR) is 116 cm³/mol. The largest absolute Gasteiger partial charge is 0.289 e. The molecule has 4 rings (SSSR count). The molecular formula is C27H20O2. The van der Waals surface area contributed by atoms with Gasteiger partial charge in [-0.1, -0.05) is 109 Å². The van der Waals surface area contributed by atoms with Crippen molar-refractivity contribution in [1.82, 2.24) is 0 Å². The van der Waals surface area contributed by atoms with Crippen LogP contribution in [0.15, 0.2) is 103 Å². The maximum absolute atomic E-state index is 13.2. The molecule has 0 heterocycles. The van der Waals surface area contributed by atoms with Crippen LogP contribution in [-0.4, -0.2) is 11.6 Å². The quantitative estimate of drug-likeness (QED) is 0.393. The first-order chi connectivity index (χ1) is 14.1. The molecule has 0 aliphatic heterocycles. The SMILES string of the molecule is Cc1ccc(C(=O)c2ccccc2C(=O)c2ccc(-c3ccccc3)cc2)cc1. The van der Waals surface area contributed by atoms with Crippen LogP contribution in [0.3, 0.4) is 0 Å². The maximum Gasteiger partial charge on any atom is 0.193 e. The molecule has 0 N–H and O–H groups in total. The Balaban J connectivity index is 1.66. The van der Waals surface area contributed by atoms with Gasteiger partial charge in [0.25, 0.3) is 0 Å². The van der Waals surface area contributed by atoms with Crippen LogP contribution >= 0.6 is 0 Å². The van der Waals surface area contributed by atoms with E-state index in [1.54, 1.807) is 36.4 Å². The molecule has 2 heteroatoms. The van der Waals surface area contributed by atoms with Crippen LogP contribution in [0, 0.1) is 6.92 Å². The van der Waals surface area contributed by atoms with Crippen molar-refractivity contribution < 1.29 is 9.59 Å². The molecule has 0 spiro atoms. The van der Waals surface area contributed by atoms with Crippen LogP contribution in [0.1, 0.15) is 37.4 Å². The smallest absolute Gasteiger partial charge is 0.193 e. The van der Waals surface area contributed by atoms with E-state index in [0.717, 1.165) is 16.7 Å². The van der Waals surface area contributed by atoms with Gasteiger partial charge in [0.15, 0.2) is 11.6 Å². The summed E-state index contributed by atoms with van der Waals surface area (Å²) in [5.74, 6) is -0.296. The van der Waals surface area contributed by atoms with E-state index in [2.05, 4.69) is 0 Å². The highest BCUT2D eigenvalue weighted by atomic mass is 16.1. The van der Waals surface area contributed by atoms with Gasteiger partial charge in [-0.25, -0.2) is 0 Å². The van der Waals surface area contributed by atoms with E-state index in [1.807, 2.05) is 73.7 Å². The number of carbonyl (C=O) groups excluding carboxylic acids is 2. The molecule has 29 heavy (non-hydrogen) atoms. The van der Waals surface area contributed by atoms with Gasteiger partial charge in [0.2, 0.25) is 0 Å². The number of ketones is 2. The van der Waals surface area contributed by atoms with Crippen molar-refractivity contribution in [3.05, 3.63) is 131 Å². The van der Waals surface area contributed by atoms with Gasteiger partial charge in [0.1, 0.15) is 0 Å². The molecule has 0 radical (unpaired) electrons. The summed E-state index contributed by atoms with van der Waals surface area (Å²) < 4.78 is 0. The molecule has 0 aliphatic rings. The summed E-state index contributed by atoms with van der Waals surface area (Å²) in [6.07, 6.45) is 0. The van der Waals surface area contributed by atoms with Crippen LogP contribution in [0.2, 0.25) is 0 Å². The zero-order chi connectivity index (χ0) is 20.2. The molecule has 0 bridgehead atoms. The van der Waals surface area contributed by atoms with Crippen molar-refractivity contribution in [1.29, 1.82) is 0 Å². The van der Waals surface area contributed by atoms with Crippen LogP contribution in [-0.2, 0) is 0 Å². The fourth-order valence-electron chi connectivity index (χ4n) is 3.34. The molecule has 0 saturated carbocycles. The zero-order valence-corrected chi connectivity index (χ0v) is 16.1. The second-order valence-corrected chi connectivity index (χ2v) is 7.01. The second-order valence-electron chi connectivity index (χ2n) is 7.01. The minimum absolute atomic E-state index is 0.144. The summed E-state index contributed by atoms with van der Waals surface area (Å²) in [7, 11) is 0. The van der Waals surface area contributed by atoms with Crippen molar-refractivity contribution in [2.75, 3.05) is 0 Å². The average Bonchev–Trinajstić information content (AvgIpc) is 2.79. The molecular weight excluding hydrogens is 356 g/mol. The summed E-state index contributed by atoms with van der Waals surface area (Å²) in [5.41, 5.74) is 5.22. The Morgan fingerprint density at radius 1 is 0.483 bits per heavy atom. The highest BCUT2D eigenvalue weighted by molar-refractivity contribution is 6.19. The van der Waals surface area contributed by atoms with Gasteiger partial charge >= 0.3 is 0 Å². The van der Waals surface area contributed by atoms with Gasteiger partial charge in [-0.3, -0.25) is 9.59 Å². The zero-order valence-electron chi connectivity index (χ0n) is 16.1. The minimum atomic E-state index is -0.152. The van der Waals surface area contributed by atoms with Crippen molar-refractivity contribution in [3.8, 4) is 11.1 Å². The molecule has 0 saturated heterocycles. The molecule has 0 atom stereocenters. The topological polar surface area (TPSA) is 34.1 Å². The Hall–Kier alpha value is -3.78. The number of hydrogen-bond acceptors (Lipinski definition) is 2. The van der Waals surface area contributed by atoms with Crippen LogP contribution in [0.25, 0.3) is 11.1 Å². The van der Waals surface area contributed by atoms with Crippen molar-refractivity contribution >= 4 is 11.6 Å². The molecule has 0 unspecified atom stereocenters. The first kappa shape index (κ1) is 18.6. The van der Waals surface area contributed by atoms with Crippen molar-refractivity contribution in [3.63, 3.8) is 0 Å². The summed E-state index contributed by atoms with van der Waals surface area (Å²) in [5, 5.41) is 0. The van der Waals surface area contributed by atoms with Gasteiger partial charge in [-0.05, 0) is 18.1 Å². The Bertz CT molecular complexity index is 1160. The highest BCUT2D eigenvalue weighted by Crippen LogP contribution is 2.22. The Labute approximate surface area is 170 Å². The number of rotatable bonds is 5. The van der Waals surface area contributed by atoms with E-state index in [0.29, 0.717) is 22.3 Å². The third-order valence-corrected chi connectivity index (χ3v) is 4.98. The Morgan fingerprint density at radius 3 is 1.41 bits per heavy atom. The van der Waals surface area contributed by atoms with E-state index in [4.69, 9.17) is 0 Å². The lowest BCUT2D eigenvalue weighted by Gasteiger charge is -2.09. The highest BCUT2D eigenvalue weighted by Gasteiger charge is 2.19. The molecule has 0 aliphatic carbocycles. The minimum Gasteiger partial charge on any atom is -0.289 e. The molecule has 140 valence electrons. The number of hydrogen-bond donors (Lipinski definition) is 0. The maximum atomic E-state index is 13.2. The molecule has 0 aromatic heterocycles. The first-order valence-corrected chi connectivity index (χ1v) is 9.54. The number of benzene rings is 4. The lowest BCUT2D eigenvalue weighted by Crippen LogP contribution is -2.11. The number of aryl methyl sites for hydroxylation is 1. The van der Waals surface area contributed by atoms with Gasteiger partial charge < -0.3 is 0 Å². The Kier molecular flexibility index (Phi) is 5.17. The fourth-order valence-corrected chi connectivity index (χ4v) is 3.34. The number of carbonyl (C=O) groups is 2. The molecule has 4 aromatic rings. The van der Waals surface area contributed by atoms with Crippen molar-refractivity contribution in [2.45, 2.75) is 6.92 Å². The van der Waals surface area contributed by atoms with Crippen LogP contribution in [0.4, 0.5) is 0 Å². The Morgan fingerprint density at radius 2 is 0.897 bits per heavy atom. The van der Waals surface area contributed by atoms with Crippen LogP contribution < -0.4 is 0 Å². The lowest BCUT2D eigenvalue weighted by atomic mass is 9.92. The normalized spacial score (nSPS) is 10.5. The van der Waals surface area contributed by atoms with E-state index in [-0.39, 0.29) is 11.6 Å². The molecule has 0 amide bonds. The molecule has 2 nitrogen and oxygen atoms in total. The predicted octanol–water partition coefficient (Wildman–Crippen LogP) is 6.12. The lowest BCUT2D eigenvalue weighted by molar-refractivity contribution is 0.100. The first-order valence-electron chi connectivity index (χ1n) is 9.54. The average molecular weight is 376 g/mol. The van der Waals surface area contributed by atoms with Crippen molar-refractivity contribution in [2.24, 2.45) is 0 Å². The van der Waals surface area contributed by atoms with E-state index in [1.165, 1.54) is 0 Å². The van der Waals surface area contributed by atoms with Gasteiger partial charge in [-0.2, -0.15) is 0 Å². The van der Waals surface area contributed by atoms with Gasteiger partial charge in [-0.15, -0.1) is 0 Å². The summed E-state index contributed by atoms with van der Waals surface area (Å²) in [4.78, 5) is 26.2. The third-order valence-electron chi connectivity index (χ3n) is 4.98. The monoisotopic (exact) mass is 376 g/mol.